The third kappa shape index (κ3) is 5.02. The SMILES string of the molecule is COc1ccc(C(=O)OCC2OC(O)[C@@H](Cl)[C@@H]2OC(=O)c2ccc(OC)cc2)cc1. The van der Waals surface area contributed by atoms with Crippen LogP contribution in [0.15, 0.2) is 48.5 Å². The fourth-order valence-electron chi connectivity index (χ4n) is 2.86. The number of methoxy groups -OCH3 is 2. The summed E-state index contributed by atoms with van der Waals surface area (Å²) in [5.41, 5.74) is 0.582. The summed E-state index contributed by atoms with van der Waals surface area (Å²) < 4.78 is 26.1. The van der Waals surface area contributed by atoms with Crippen LogP contribution in [0.3, 0.4) is 0 Å². The molecule has 2 unspecified atom stereocenters. The number of aliphatic hydroxyl groups is 1. The third-order valence-corrected chi connectivity index (χ3v) is 5.00. The fraction of sp³-hybridized carbons (Fsp3) is 0.333. The molecule has 0 radical (unpaired) electrons. The van der Waals surface area contributed by atoms with E-state index in [1.54, 1.807) is 36.4 Å². The first-order valence-corrected chi connectivity index (χ1v) is 9.50. The van der Waals surface area contributed by atoms with Gasteiger partial charge in [0.2, 0.25) is 0 Å². The van der Waals surface area contributed by atoms with E-state index in [0.717, 1.165) is 0 Å². The molecule has 0 bridgehead atoms. The van der Waals surface area contributed by atoms with Crippen molar-refractivity contribution < 1.29 is 38.4 Å². The molecule has 8 nitrogen and oxygen atoms in total. The van der Waals surface area contributed by atoms with Gasteiger partial charge >= 0.3 is 11.9 Å². The molecular formula is C21H21ClO8. The van der Waals surface area contributed by atoms with Crippen LogP contribution in [0, 0.1) is 0 Å². The monoisotopic (exact) mass is 436 g/mol. The van der Waals surface area contributed by atoms with Crippen LogP contribution >= 0.6 is 11.6 Å². The van der Waals surface area contributed by atoms with Crippen molar-refractivity contribution >= 4 is 23.5 Å². The second-order valence-electron chi connectivity index (χ2n) is 6.43. The molecule has 1 saturated heterocycles. The minimum Gasteiger partial charge on any atom is -0.497 e. The second-order valence-corrected chi connectivity index (χ2v) is 6.94. The van der Waals surface area contributed by atoms with Crippen LogP contribution in [0.2, 0.25) is 0 Å². The predicted molar refractivity (Wildman–Crippen MR) is 106 cm³/mol. The van der Waals surface area contributed by atoms with Gasteiger partial charge in [0.05, 0.1) is 25.3 Å². The third-order valence-electron chi connectivity index (χ3n) is 4.54. The van der Waals surface area contributed by atoms with Crippen LogP contribution in [0.1, 0.15) is 20.7 Å². The molecule has 1 aliphatic heterocycles. The van der Waals surface area contributed by atoms with Crippen molar-refractivity contribution in [3.05, 3.63) is 59.7 Å². The average molecular weight is 437 g/mol. The zero-order chi connectivity index (χ0) is 21.7. The minimum absolute atomic E-state index is 0.258. The van der Waals surface area contributed by atoms with E-state index in [0.29, 0.717) is 17.1 Å². The molecule has 0 aromatic heterocycles. The zero-order valence-corrected chi connectivity index (χ0v) is 17.1. The average Bonchev–Trinajstić information content (AvgIpc) is 3.05. The van der Waals surface area contributed by atoms with Gasteiger partial charge in [-0.05, 0) is 48.5 Å². The summed E-state index contributed by atoms with van der Waals surface area (Å²) in [5, 5.41) is 8.90. The van der Waals surface area contributed by atoms with Crippen molar-refractivity contribution in [3.8, 4) is 11.5 Å². The van der Waals surface area contributed by atoms with Crippen molar-refractivity contribution in [1.82, 2.24) is 0 Å². The number of esters is 2. The summed E-state index contributed by atoms with van der Waals surface area (Å²) in [5.74, 6) is -0.0690. The van der Waals surface area contributed by atoms with Crippen molar-refractivity contribution in [2.45, 2.75) is 23.9 Å². The van der Waals surface area contributed by atoms with Gasteiger partial charge in [-0.3, -0.25) is 0 Å². The highest BCUT2D eigenvalue weighted by molar-refractivity contribution is 6.21. The van der Waals surface area contributed by atoms with E-state index in [1.807, 2.05) is 0 Å². The van der Waals surface area contributed by atoms with Gasteiger partial charge in [-0.2, -0.15) is 0 Å². The molecule has 160 valence electrons. The van der Waals surface area contributed by atoms with Crippen LogP contribution in [-0.2, 0) is 14.2 Å². The standard InChI is InChI=1S/C21H21ClO8/c1-26-14-7-3-12(4-8-14)19(23)28-11-16-18(17(22)21(25)29-16)30-20(24)13-5-9-15(27-2)10-6-13/h3-10,16-18,21,25H,11H2,1-2H3/t16?,17-,18+,21?/m0/s1. The Morgan fingerprint density at radius 2 is 1.43 bits per heavy atom. The first-order chi connectivity index (χ1) is 14.4. The second kappa shape index (κ2) is 9.80. The molecule has 1 heterocycles. The summed E-state index contributed by atoms with van der Waals surface area (Å²) in [6, 6.07) is 12.7. The molecule has 1 fully saturated rings. The van der Waals surface area contributed by atoms with E-state index in [-0.39, 0.29) is 12.2 Å². The Bertz CT molecular complexity index is 868. The lowest BCUT2D eigenvalue weighted by molar-refractivity contribution is -0.109. The van der Waals surface area contributed by atoms with Gasteiger partial charge in [-0.1, -0.05) is 0 Å². The molecule has 30 heavy (non-hydrogen) atoms. The topological polar surface area (TPSA) is 101 Å². The van der Waals surface area contributed by atoms with Crippen molar-refractivity contribution in [2.24, 2.45) is 0 Å². The number of hydrogen-bond acceptors (Lipinski definition) is 8. The number of halogens is 1. The number of carbonyl (C=O) groups is 2. The number of rotatable bonds is 7. The van der Waals surface area contributed by atoms with Crippen LogP contribution < -0.4 is 9.47 Å². The van der Waals surface area contributed by atoms with Gasteiger partial charge in [0, 0.05) is 0 Å². The molecule has 9 heteroatoms. The van der Waals surface area contributed by atoms with Crippen molar-refractivity contribution in [3.63, 3.8) is 0 Å². The fourth-order valence-corrected chi connectivity index (χ4v) is 3.13. The highest BCUT2D eigenvalue weighted by Gasteiger charge is 2.46. The molecule has 4 atom stereocenters. The highest BCUT2D eigenvalue weighted by Crippen LogP contribution is 2.28. The summed E-state index contributed by atoms with van der Waals surface area (Å²) in [7, 11) is 3.03. The number of benzene rings is 2. The van der Waals surface area contributed by atoms with E-state index >= 15 is 0 Å². The Hall–Kier alpha value is -2.81. The Labute approximate surface area is 178 Å². The lowest BCUT2D eigenvalue weighted by Gasteiger charge is -2.20. The van der Waals surface area contributed by atoms with Crippen molar-refractivity contribution in [1.29, 1.82) is 0 Å². The molecule has 2 aromatic carbocycles. The van der Waals surface area contributed by atoms with Gasteiger partial charge in [-0.15, -0.1) is 11.6 Å². The molecule has 3 rings (SSSR count). The molecular weight excluding hydrogens is 416 g/mol. The van der Waals surface area contributed by atoms with Gasteiger partial charge < -0.3 is 28.8 Å². The first kappa shape index (κ1) is 21.9. The minimum atomic E-state index is -1.37. The normalized spacial score (nSPS) is 22.9. The quantitative estimate of drug-likeness (QED) is 0.521. The highest BCUT2D eigenvalue weighted by atomic mass is 35.5. The van der Waals surface area contributed by atoms with Gasteiger partial charge in [-0.25, -0.2) is 9.59 Å². The van der Waals surface area contributed by atoms with Crippen LogP contribution in [0.5, 0.6) is 11.5 Å². The Balaban J connectivity index is 1.62. The molecule has 0 amide bonds. The maximum absolute atomic E-state index is 12.4. The molecule has 0 spiro atoms. The molecule has 0 aliphatic carbocycles. The number of carbonyl (C=O) groups excluding carboxylic acids is 2. The largest absolute Gasteiger partial charge is 0.497 e. The van der Waals surface area contributed by atoms with E-state index in [1.165, 1.54) is 26.4 Å². The molecule has 1 aliphatic rings. The lowest BCUT2D eigenvalue weighted by Crippen LogP contribution is -2.36. The summed E-state index contributed by atoms with van der Waals surface area (Å²) >= 11 is 6.14. The van der Waals surface area contributed by atoms with E-state index in [2.05, 4.69) is 0 Å². The summed E-state index contributed by atoms with van der Waals surface area (Å²) in [6.45, 7) is -0.258. The van der Waals surface area contributed by atoms with Gasteiger partial charge in [0.1, 0.15) is 29.6 Å². The van der Waals surface area contributed by atoms with E-state index < -0.39 is 35.8 Å². The Morgan fingerprint density at radius 3 is 1.93 bits per heavy atom. The van der Waals surface area contributed by atoms with Crippen LogP contribution in [0.4, 0.5) is 0 Å². The number of ether oxygens (including phenoxy) is 5. The Kier molecular flexibility index (Phi) is 7.15. The number of hydrogen-bond donors (Lipinski definition) is 1. The number of alkyl halides is 1. The van der Waals surface area contributed by atoms with Gasteiger partial charge in [0.25, 0.3) is 0 Å². The smallest absolute Gasteiger partial charge is 0.338 e. The maximum Gasteiger partial charge on any atom is 0.338 e. The summed E-state index contributed by atoms with van der Waals surface area (Å²) in [6.07, 6.45) is -3.31. The number of aliphatic hydroxyl groups excluding tert-OH is 1. The first-order valence-electron chi connectivity index (χ1n) is 9.06. The van der Waals surface area contributed by atoms with E-state index in [4.69, 9.17) is 35.3 Å². The Morgan fingerprint density at radius 1 is 0.933 bits per heavy atom. The predicted octanol–water partition coefficient (Wildman–Crippen LogP) is 2.41. The van der Waals surface area contributed by atoms with Crippen LogP contribution in [-0.4, -0.2) is 61.7 Å². The molecule has 2 aromatic rings. The zero-order valence-electron chi connectivity index (χ0n) is 16.3. The van der Waals surface area contributed by atoms with Gasteiger partial charge in [0.15, 0.2) is 12.4 Å². The molecule has 0 saturated carbocycles. The maximum atomic E-state index is 12.4. The summed E-state index contributed by atoms with van der Waals surface area (Å²) in [4.78, 5) is 24.7. The van der Waals surface area contributed by atoms with Crippen LogP contribution in [0.25, 0.3) is 0 Å². The molecule has 1 N–H and O–H groups in total. The lowest BCUT2D eigenvalue weighted by atomic mass is 10.1. The van der Waals surface area contributed by atoms with Crippen molar-refractivity contribution in [2.75, 3.05) is 20.8 Å². The van der Waals surface area contributed by atoms with E-state index in [9.17, 15) is 14.7 Å².